The van der Waals surface area contributed by atoms with Crippen LogP contribution in [0.3, 0.4) is 0 Å². The van der Waals surface area contributed by atoms with Gasteiger partial charge in [0, 0.05) is 6.54 Å². The minimum absolute atomic E-state index is 0.276. The van der Waals surface area contributed by atoms with Crippen molar-refractivity contribution in [2.24, 2.45) is 17.8 Å². The molecular weight excluding hydrogens is 480 g/mol. The van der Waals surface area contributed by atoms with Crippen LogP contribution in [0.25, 0.3) is 0 Å². The Balaban J connectivity index is 2.42. The molecule has 2 fully saturated rings. The van der Waals surface area contributed by atoms with Crippen LogP contribution in [0.15, 0.2) is 0 Å². The Morgan fingerprint density at radius 3 is 1.73 bits per heavy atom. The van der Waals surface area contributed by atoms with Crippen molar-refractivity contribution in [3.8, 4) is 0 Å². The van der Waals surface area contributed by atoms with Crippen LogP contribution in [0.5, 0.6) is 0 Å². The van der Waals surface area contributed by atoms with Gasteiger partial charge in [-0.3, -0.25) is 28.8 Å². The third-order valence-corrected chi connectivity index (χ3v) is 6.76. The van der Waals surface area contributed by atoms with Crippen molar-refractivity contribution in [2.75, 3.05) is 13.1 Å². The predicted molar refractivity (Wildman–Crippen MR) is 136 cm³/mol. The smallest absolute Gasteiger partial charge is 0.246 e. The van der Waals surface area contributed by atoms with Gasteiger partial charge in [0.25, 0.3) is 0 Å². The van der Waals surface area contributed by atoms with Gasteiger partial charge in [-0.15, -0.1) is 0 Å². The van der Waals surface area contributed by atoms with Crippen LogP contribution in [0.4, 0.5) is 0 Å². The van der Waals surface area contributed by atoms with E-state index in [4.69, 9.17) is 0 Å². The molecule has 0 aliphatic carbocycles. The fraction of sp³-hybridized carbons (Fsp3) is 0.760. The summed E-state index contributed by atoms with van der Waals surface area (Å²) < 4.78 is 0. The molecule has 0 radical (unpaired) electrons. The molecule has 2 aliphatic rings. The Bertz CT molecular complexity index is 904. The van der Waals surface area contributed by atoms with Gasteiger partial charge >= 0.3 is 0 Å². The Morgan fingerprint density at radius 1 is 0.676 bits per heavy atom. The van der Waals surface area contributed by atoms with Gasteiger partial charge in [0.05, 0.1) is 6.54 Å². The fourth-order valence-electron chi connectivity index (χ4n) is 4.47. The van der Waals surface area contributed by atoms with E-state index in [9.17, 15) is 28.8 Å². The highest BCUT2D eigenvalue weighted by molar-refractivity contribution is 5.97. The third-order valence-electron chi connectivity index (χ3n) is 6.76. The standard InChI is InChI=1S/C25H42N6O6/c1-12(2)18-23(35)27-15(7)21(33)26-11-17(32)28-20(14(5)6)25(37)31-10-8-9-16(31)22(34)29-19(13(3)4)24(36)30-18/h12-16,18-20H,8-11H2,1-7H3,(H,26,33)(H,27,35)(H,28,32)(H,29,34)(H,30,36)/t15-,16-,18-,19-,20-/m0/s1. The molecule has 2 saturated heterocycles. The molecule has 0 aromatic carbocycles. The first-order valence-corrected chi connectivity index (χ1v) is 13.0. The summed E-state index contributed by atoms with van der Waals surface area (Å²) in [6, 6.07) is -4.57. The first kappa shape index (κ1) is 30.0. The van der Waals surface area contributed by atoms with E-state index in [1.165, 1.54) is 11.8 Å². The lowest BCUT2D eigenvalue weighted by Gasteiger charge is -2.32. The Morgan fingerprint density at radius 2 is 1.19 bits per heavy atom. The van der Waals surface area contributed by atoms with Gasteiger partial charge in [0.15, 0.2) is 0 Å². The molecule has 208 valence electrons. The number of rotatable bonds is 3. The monoisotopic (exact) mass is 522 g/mol. The largest absolute Gasteiger partial charge is 0.345 e. The SMILES string of the molecule is CC(C)[C@@H]1NC(=O)[C@H](C(C)C)NC(=O)[C@@H]2CCCN2C(=O)[C@H](C(C)C)NC(=O)CNC(=O)[C@H](C)NC1=O. The van der Waals surface area contributed by atoms with Gasteiger partial charge < -0.3 is 31.5 Å². The van der Waals surface area contributed by atoms with Crippen LogP contribution in [0.1, 0.15) is 61.3 Å². The van der Waals surface area contributed by atoms with Gasteiger partial charge in [-0.25, -0.2) is 0 Å². The predicted octanol–water partition coefficient (Wildman–Crippen LogP) is -0.966. The van der Waals surface area contributed by atoms with Crippen molar-refractivity contribution in [1.82, 2.24) is 31.5 Å². The van der Waals surface area contributed by atoms with E-state index in [-0.39, 0.29) is 30.2 Å². The maximum absolute atomic E-state index is 13.4. The average Bonchev–Trinajstić information content (AvgIpc) is 3.30. The second kappa shape index (κ2) is 12.9. The molecule has 6 amide bonds. The van der Waals surface area contributed by atoms with Crippen LogP contribution in [0.2, 0.25) is 0 Å². The Labute approximate surface area is 218 Å². The van der Waals surface area contributed by atoms with E-state index in [0.717, 1.165) is 0 Å². The highest BCUT2D eigenvalue weighted by Crippen LogP contribution is 2.21. The molecule has 0 saturated carbocycles. The summed E-state index contributed by atoms with van der Waals surface area (Å²) in [4.78, 5) is 79.5. The zero-order valence-corrected chi connectivity index (χ0v) is 22.8. The van der Waals surface area contributed by atoms with Crippen molar-refractivity contribution < 1.29 is 28.8 Å². The van der Waals surface area contributed by atoms with Crippen molar-refractivity contribution in [3.63, 3.8) is 0 Å². The van der Waals surface area contributed by atoms with Crippen molar-refractivity contribution in [2.45, 2.75) is 91.5 Å². The van der Waals surface area contributed by atoms with E-state index in [1.807, 2.05) is 0 Å². The number of carbonyl (C=O) groups excluding carboxylic acids is 6. The molecule has 2 heterocycles. The quantitative estimate of drug-likeness (QED) is 0.320. The summed E-state index contributed by atoms with van der Waals surface area (Å²) in [5, 5.41) is 13.2. The van der Waals surface area contributed by atoms with Gasteiger partial charge in [0.2, 0.25) is 35.4 Å². The fourth-order valence-corrected chi connectivity index (χ4v) is 4.47. The molecular formula is C25H42N6O6. The summed E-state index contributed by atoms with van der Waals surface area (Å²) >= 11 is 0. The maximum Gasteiger partial charge on any atom is 0.246 e. The van der Waals surface area contributed by atoms with E-state index in [1.54, 1.807) is 41.5 Å². The minimum Gasteiger partial charge on any atom is -0.345 e. The highest BCUT2D eigenvalue weighted by atomic mass is 16.2. The van der Waals surface area contributed by atoms with Gasteiger partial charge in [-0.2, -0.15) is 0 Å². The summed E-state index contributed by atoms with van der Waals surface area (Å²) in [7, 11) is 0. The van der Waals surface area contributed by atoms with Gasteiger partial charge in [-0.1, -0.05) is 41.5 Å². The molecule has 0 unspecified atom stereocenters. The number of hydrogen-bond acceptors (Lipinski definition) is 6. The third kappa shape index (κ3) is 7.65. The van der Waals surface area contributed by atoms with E-state index in [0.29, 0.717) is 19.4 Å². The van der Waals surface area contributed by atoms with Crippen LogP contribution in [-0.2, 0) is 28.8 Å². The Hall–Kier alpha value is -3.18. The van der Waals surface area contributed by atoms with E-state index in [2.05, 4.69) is 26.6 Å². The molecule has 5 atom stereocenters. The molecule has 0 spiro atoms. The minimum atomic E-state index is -0.981. The number of nitrogens with one attached hydrogen (secondary N) is 5. The molecule has 2 rings (SSSR count). The van der Waals surface area contributed by atoms with Crippen LogP contribution in [0, 0.1) is 17.8 Å². The summed E-state index contributed by atoms with van der Waals surface area (Å²) in [6.07, 6.45) is 1.03. The summed E-state index contributed by atoms with van der Waals surface area (Å²) in [6.45, 7) is 12.0. The molecule has 0 aromatic heterocycles. The second-order valence-corrected chi connectivity index (χ2v) is 10.9. The van der Waals surface area contributed by atoms with Crippen LogP contribution >= 0.6 is 0 Å². The second-order valence-electron chi connectivity index (χ2n) is 10.9. The zero-order chi connectivity index (χ0) is 28.0. The van der Waals surface area contributed by atoms with Crippen molar-refractivity contribution in [1.29, 1.82) is 0 Å². The first-order chi connectivity index (χ1) is 17.2. The summed E-state index contributed by atoms with van der Waals surface area (Å²) in [5.41, 5.74) is 0. The molecule has 12 heteroatoms. The number of amides is 6. The molecule has 37 heavy (non-hydrogen) atoms. The maximum atomic E-state index is 13.4. The number of nitrogens with zero attached hydrogens (tertiary/aromatic N) is 1. The first-order valence-electron chi connectivity index (χ1n) is 13.0. The zero-order valence-electron chi connectivity index (χ0n) is 22.8. The molecule has 5 N–H and O–H groups in total. The number of fused-ring (bicyclic) bond motifs is 1. The number of carbonyl (C=O) groups is 6. The molecule has 0 bridgehead atoms. The average molecular weight is 523 g/mol. The van der Waals surface area contributed by atoms with Crippen molar-refractivity contribution in [3.05, 3.63) is 0 Å². The van der Waals surface area contributed by atoms with E-state index >= 15 is 0 Å². The van der Waals surface area contributed by atoms with Gasteiger partial charge in [-0.05, 0) is 37.5 Å². The Kier molecular flexibility index (Phi) is 10.4. The lowest BCUT2D eigenvalue weighted by Crippen LogP contribution is -2.61. The van der Waals surface area contributed by atoms with E-state index < -0.39 is 59.7 Å². The highest BCUT2D eigenvalue weighted by Gasteiger charge is 2.40. The lowest BCUT2D eigenvalue weighted by molar-refractivity contribution is -0.143. The van der Waals surface area contributed by atoms with Crippen molar-refractivity contribution >= 4 is 35.4 Å². The summed E-state index contributed by atoms with van der Waals surface area (Å²) in [5.74, 6) is -3.97. The molecule has 12 nitrogen and oxygen atoms in total. The molecule has 0 aromatic rings. The van der Waals surface area contributed by atoms with Crippen LogP contribution in [-0.4, -0.2) is 83.6 Å². The molecule has 2 aliphatic heterocycles. The van der Waals surface area contributed by atoms with Gasteiger partial charge in [0.1, 0.15) is 30.2 Å². The number of hydrogen-bond donors (Lipinski definition) is 5. The lowest BCUT2D eigenvalue weighted by atomic mass is 9.98. The topological polar surface area (TPSA) is 166 Å². The van der Waals surface area contributed by atoms with Crippen LogP contribution < -0.4 is 26.6 Å². The normalized spacial score (nSPS) is 29.2.